The molecule has 4 aromatic heterocycles. The molecule has 8 rings (SSSR count). The summed E-state index contributed by atoms with van der Waals surface area (Å²) in [6, 6.07) is 19.8. The molecule has 1 atom stereocenters. The lowest BCUT2D eigenvalue weighted by Crippen LogP contribution is -2.46. The first-order valence-corrected chi connectivity index (χ1v) is 24.6. The summed E-state index contributed by atoms with van der Waals surface area (Å²) >= 11 is 0. The zero-order valence-corrected chi connectivity index (χ0v) is 38.4. The molecule has 2 aromatic carbocycles. The van der Waals surface area contributed by atoms with E-state index in [4.69, 9.17) is 14.7 Å². The van der Waals surface area contributed by atoms with Crippen LogP contribution in [-0.4, -0.2) is 98.9 Å². The molecule has 11 heteroatoms. The van der Waals surface area contributed by atoms with Gasteiger partial charge in [0.1, 0.15) is 23.9 Å². The number of anilines is 1. The van der Waals surface area contributed by atoms with Crippen molar-refractivity contribution in [1.29, 1.82) is 0 Å². The van der Waals surface area contributed by atoms with Crippen molar-refractivity contribution in [3.63, 3.8) is 0 Å². The Bertz CT molecular complexity index is 2410. The molecule has 2 fully saturated rings. The molecule has 2 aliphatic rings. The van der Waals surface area contributed by atoms with Gasteiger partial charge in [-0.15, -0.1) is 0 Å². The minimum Gasteiger partial charge on any atom is -0.381 e. The minimum atomic E-state index is -0.415. The van der Waals surface area contributed by atoms with E-state index in [0.717, 1.165) is 143 Å². The third kappa shape index (κ3) is 11.1. The number of aromatic nitrogens is 5. The highest BCUT2D eigenvalue weighted by Gasteiger charge is 2.23. The van der Waals surface area contributed by atoms with Crippen molar-refractivity contribution in [1.82, 2.24) is 33.9 Å². The van der Waals surface area contributed by atoms with Crippen molar-refractivity contribution >= 4 is 51.5 Å². The third-order valence-electron chi connectivity index (χ3n) is 14.1. The van der Waals surface area contributed by atoms with Crippen LogP contribution in [0.15, 0.2) is 73.2 Å². The number of benzene rings is 2. The zero-order chi connectivity index (χ0) is 44.1. The molecule has 1 aliphatic carbocycles. The predicted molar refractivity (Wildman–Crippen MR) is 260 cm³/mol. The van der Waals surface area contributed by atoms with Crippen LogP contribution < -0.4 is 5.32 Å². The maximum Gasteiger partial charge on any atom is 0.224 e. The quantitative estimate of drug-likeness (QED) is 0.0470. The van der Waals surface area contributed by atoms with Gasteiger partial charge in [-0.3, -0.25) is 4.90 Å². The van der Waals surface area contributed by atoms with Crippen molar-refractivity contribution in [3.8, 4) is 11.1 Å². The standard InChI is InChI=1S/C53H70N8O3/c1-3-40(4-2)35-55-53-56-36-48-49(38-60(52(48)57-53)44-15-7-5-8-16-44)43-22-19-42(20-23-43)37-59-29-27-58(28-30-59)26-9-6-10-32-64-33-13-14-41-21-24-50-47(34-41)46-18-11-25-54-51(46)61(50)45(39-63)17-12-31-62/h11,18-25,31,34,36,38-40,44-45H,3-10,12-17,26-30,32-33,35,37H2,1-2H3,(H,55,56,57). The Kier molecular flexibility index (Phi) is 16.2. The van der Waals surface area contributed by atoms with Gasteiger partial charge >= 0.3 is 0 Å². The van der Waals surface area contributed by atoms with Crippen LogP contribution in [0.5, 0.6) is 0 Å². The largest absolute Gasteiger partial charge is 0.381 e. The minimum absolute atomic E-state index is 0.343. The number of rotatable bonds is 24. The summed E-state index contributed by atoms with van der Waals surface area (Å²) in [5.41, 5.74) is 7.95. The van der Waals surface area contributed by atoms with Crippen molar-refractivity contribution < 1.29 is 14.3 Å². The van der Waals surface area contributed by atoms with E-state index in [9.17, 15) is 9.59 Å². The number of nitrogens with zero attached hydrogens (tertiary/aromatic N) is 7. The summed E-state index contributed by atoms with van der Waals surface area (Å²) in [4.78, 5) is 42.8. The number of ether oxygens (including phenoxy) is 1. The molecule has 1 saturated heterocycles. The van der Waals surface area contributed by atoms with Gasteiger partial charge in [0.2, 0.25) is 5.95 Å². The molecule has 0 radical (unpaired) electrons. The Hall–Kier alpha value is -4.97. The van der Waals surface area contributed by atoms with E-state index in [1.165, 1.54) is 67.2 Å². The average molecular weight is 867 g/mol. The highest BCUT2D eigenvalue weighted by atomic mass is 16.5. The summed E-state index contributed by atoms with van der Waals surface area (Å²) in [6.45, 7) is 13.6. The molecule has 1 aliphatic heterocycles. The van der Waals surface area contributed by atoms with Crippen molar-refractivity contribution in [2.75, 3.05) is 57.8 Å². The fourth-order valence-electron chi connectivity index (χ4n) is 10.1. The van der Waals surface area contributed by atoms with Crippen LogP contribution in [0.1, 0.15) is 121 Å². The van der Waals surface area contributed by atoms with Crippen molar-refractivity contribution in [2.24, 2.45) is 5.92 Å². The van der Waals surface area contributed by atoms with Gasteiger partial charge in [-0.05, 0) is 105 Å². The average Bonchev–Trinajstić information content (AvgIpc) is 3.88. The van der Waals surface area contributed by atoms with Gasteiger partial charge in [0.05, 0.1) is 11.6 Å². The molecular weight excluding hydrogens is 797 g/mol. The van der Waals surface area contributed by atoms with Crippen LogP contribution in [-0.2, 0) is 27.3 Å². The van der Waals surface area contributed by atoms with Crippen molar-refractivity contribution in [3.05, 3.63) is 84.3 Å². The molecule has 0 amide bonds. The number of carbonyl (C=O) groups excluding carboxylic acids is 2. The molecule has 1 saturated carbocycles. The second-order valence-electron chi connectivity index (χ2n) is 18.4. The molecule has 5 heterocycles. The van der Waals surface area contributed by atoms with Crippen LogP contribution >= 0.6 is 0 Å². The number of unbranched alkanes of at least 4 members (excludes halogenated alkanes) is 2. The lowest BCUT2D eigenvalue weighted by molar-refractivity contribution is -0.111. The molecular formula is C53H70N8O3. The van der Waals surface area contributed by atoms with E-state index in [1.807, 2.05) is 16.8 Å². The topological polar surface area (TPSA) is 110 Å². The number of pyridine rings is 1. The smallest absolute Gasteiger partial charge is 0.224 e. The van der Waals surface area contributed by atoms with E-state index in [0.29, 0.717) is 24.8 Å². The summed E-state index contributed by atoms with van der Waals surface area (Å²) in [5.74, 6) is 1.39. The van der Waals surface area contributed by atoms with Gasteiger partial charge in [0, 0.05) is 105 Å². The molecule has 1 unspecified atom stereocenters. The number of hydrogen-bond donors (Lipinski definition) is 1. The number of fused-ring (bicyclic) bond motifs is 4. The first-order valence-electron chi connectivity index (χ1n) is 24.6. The summed E-state index contributed by atoms with van der Waals surface area (Å²) < 4.78 is 10.5. The first-order chi connectivity index (χ1) is 31.6. The molecule has 0 spiro atoms. The highest BCUT2D eigenvalue weighted by Crippen LogP contribution is 2.37. The molecule has 0 bridgehead atoms. The van der Waals surface area contributed by atoms with Crippen LogP contribution in [0.4, 0.5) is 5.95 Å². The second kappa shape index (κ2) is 22.8. The summed E-state index contributed by atoms with van der Waals surface area (Å²) in [7, 11) is 0. The number of carbonyl (C=O) groups is 2. The second-order valence-corrected chi connectivity index (χ2v) is 18.4. The Balaban J connectivity index is 0.741. The maximum atomic E-state index is 12.0. The lowest BCUT2D eigenvalue weighted by Gasteiger charge is -2.34. The molecule has 64 heavy (non-hydrogen) atoms. The van der Waals surface area contributed by atoms with E-state index in [1.54, 1.807) is 6.20 Å². The normalized spacial score (nSPS) is 16.0. The first kappa shape index (κ1) is 45.6. The molecule has 1 N–H and O–H groups in total. The Morgan fingerprint density at radius 3 is 2.38 bits per heavy atom. The number of aldehydes is 2. The van der Waals surface area contributed by atoms with Crippen molar-refractivity contribution in [2.45, 2.75) is 122 Å². The van der Waals surface area contributed by atoms with E-state index < -0.39 is 6.04 Å². The number of nitrogens with one attached hydrogen (secondary N) is 1. The van der Waals surface area contributed by atoms with Gasteiger partial charge in [0.25, 0.3) is 0 Å². The zero-order valence-electron chi connectivity index (χ0n) is 38.4. The number of aryl methyl sites for hydroxylation is 1. The van der Waals surface area contributed by atoms with E-state index in [-0.39, 0.29) is 0 Å². The van der Waals surface area contributed by atoms with Gasteiger partial charge < -0.3 is 33.7 Å². The Labute approximate surface area is 380 Å². The molecule has 6 aromatic rings. The Morgan fingerprint density at radius 1 is 0.812 bits per heavy atom. The van der Waals surface area contributed by atoms with Gasteiger partial charge in [0.15, 0.2) is 0 Å². The highest BCUT2D eigenvalue weighted by molar-refractivity contribution is 6.07. The number of hydrogen-bond acceptors (Lipinski definition) is 9. The number of piperazine rings is 1. The van der Waals surface area contributed by atoms with Crippen LogP contribution in [0.2, 0.25) is 0 Å². The van der Waals surface area contributed by atoms with Gasteiger partial charge in [-0.2, -0.15) is 4.98 Å². The molecule has 340 valence electrons. The fraction of sp³-hybridized carbons (Fsp3) is 0.528. The summed E-state index contributed by atoms with van der Waals surface area (Å²) in [5, 5.41) is 6.83. The monoisotopic (exact) mass is 867 g/mol. The van der Waals surface area contributed by atoms with Crippen LogP contribution in [0.3, 0.4) is 0 Å². The van der Waals surface area contributed by atoms with Crippen LogP contribution in [0.25, 0.3) is 44.1 Å². The predicted octanol–water partition coefficient (Wildman–Crippen LogP) is 10.6. The fourth-order valence-corrected chi connectivity index (χ4v) is 10.1. The SMILES string of the molecule is CCC(CC)CNc1ncc2c(-c3ccc(CN4CCN(CCCCCOCCCc5ccc6c(c5)c5cccnc5n6C(C=O)CCC=O)CC4)cc3)cn(C3CCCCC3)c2n1. The van der Waals surface area contributed by atoms with Crippen LogP contribution in [0, 0.1) is 5.92 Å². The Morgan fingerprint density at radius 2 is 1.59 bits per heavy atom. The maximum absolute atomic E-state index is 12.0. The van der Waals surface area contributed by atoms with E-state index in [2.05, 4.69) is 93.2 Å². The lowest BCUT2D eigenvalue weighted by atomic mass is 9.95. The third-order valence-corrected chi connectivity index (χ3v) is 14.1. The van der Waals surface area contributed by atoms with Gasteiger partial charge in [-0.1, -0.05) is 76.3 Å². The summed E-state index contributed by atoms with van der Waals surface area (Å²) in [6.07, 6.45) is 22.9. The van der Waals surface area contributed by atoms with E-state index >= 15 is 0 Å². The molecule has 11 nitrogen and oxygen atoms in total. The van der Waals surface area contributed by atoms with Gasteiger partial charge in [-0.25, -0.2) is 9.97 Å².